The Morgan fingerprint density at radius 1 is 1.50 bits per heavy atom. The summed E-state index contributed by atoms with van der Waals surface area (Å²) in [5, 5.41) is 0. The number of rotatable bonds is 6. The molecule has 0 aromatic carbocycles. The molecule has 82 valence electrons. The standard InChI is InChI=1S/C11H22N2O/c1-3-10(11(12)14)13(4-2)8-9-6-5-7-9/h9-10H,3-8H2,1-2H3,(H2,12,14). The Morgan fingerprint density at radius 3 is 2.43 bits per heavy atom. The van der Waals surface area contributed by atoms with Crippen molar-refractivity contribution in [3.63, 3.8) is 0 Å². The highest BCUT2D eigenvalue weighted by molar-refractivity contribution is 5.79. The molecular formula is C11H22N2O. The van der Waals surface area contributed by atoms with Crippen LogP contribution in [0.25, 0.3) is 0 Å². The van der Waals surface area contributed by atoms with E-state index in [1.54, 1.807) is 0 Å². The normalized spacial score (nSPS) is 19.4. The van der Waals surface area contributed by atoms with Crippen LogP contribution in [0.15, 0.2) is 0 Å². The van der Waals surface area contributed by atoms with E-state index in [9.17, 15) is 4.79 Å². The van der Waals surface area contributed by atoms with E-state index in [4.69, 9.17) is 5.73 Å². The van der Waals surface area contributed by atoms with Gasteiger partial charge in [-0.05, 0) is 31.7 Å². The van der Waals surface area contributed by atoms with Crippen LogP contribution in [0, 0.1) is 5.92 Å². The predicted molar refractivity (Wildman–Crippen MR) is 57.9 cm³/mol. The van der Waals surface area contributed by atoms with Crippen LogP contribution in [0.2, 0.25) is 0 Å². The van der Waals surface area contributed by atoms with Crippen LogP contribution in [0.1, 0.15) is 39.5 Å². The number of primary amides is 1. The van der Waals surface area contributed by atoms with Crippen LogP contribution in [-0.2, 0) is 4.79 Å². The largest absolute Gasteiger partial charge is 0.368 e. The second-order valence-corrected chi connectivity index (χ2v) is 4.21. The summed E-state index contributed by atoms with van der Waals surface area (Å²) < 4.78 is 0. The lowest BCUT2D eigenvalue weighted by molar-refractivity contribution is -0.123. The summed E-state index contributed by atoms with van der Waals surface area (Å²) in [6.45, 7) is 6.11. The highest BCUT2D eigenvalue weighted by atomic mass is 16.1. The van der Waals surface area contributed by atoms with E-state index in [1.807, 2.05) is 6.92 Å². The van der Waals surface area contributed by atoms with Crippen LogP contribution in [-0.4, -0.2) is 29.9 Å². The summed E-state index contributed by atoms with van der Waals surface area (Å²) in [6, 6.07) is -0.0550. The number of carbonyl (C=O) groups excluding carboxylic acids is 1. The first-order valence-electron chi connectivity index (χ1n) is 5.72. The van der Waals surface area contributed by atoms with Gasteiger partial charge in [0, 0.05) is 6.54 Å². The van der Waals surface area contributed by atoms with Gasteiger partial charge in [0.25, 0.3) is 0 Å². The van der Waals surface area contributed by atoms with Crippen molar-refractivity contribution >= 4 is 5.91 Å². The van der Waals surface area contributed by atoms with E-state index < -0.39 is 0 Å². The van der Waals surface area contributed by atoms with Gasteiger partial charge in [-0.3, -0.25) is 9.69 Å². The molecule has 0 aromatic rings. The van der Waals surface area contributed by atoms with Gasteiger partial charge in [-0.2, -0.15) is 0 Å². The first kappa shape index (κ1) is 11.5. The number of nitrogens with zero attached hydrogens (tertiary/aromatic N) is 1. The molecule has 1 atom stereocenters. The molecule has 3 heteroatoms. The van der Waals surface area contributed by atoms with Gasteiger partial charge in [-0.25, -0.2) is 0 Å². The molecule has 0 radical (unpaired) electrons. The molecule has 14 heavy (non-hydrogen) atoms. The zero-order valence-corrected chi connectivity index (χ0v) is 9.33. The Morgan fingerprint density at radius 2 is 2.14 bits per heavy atom. The fraction of sp³-hybridized carbons (Fsp3) is 0.909. The first-order chi connectivity index (χ1) is 6.69. The SMILES string of the molecule is CCC(C(N)=O)N(CC)CC1CCC1. The minimum absolute atomic E-state index is 0.0550. The second-order valence-electron chi connectivity index (χ2n) is 4.21. The summed E-state index contributed by atoms with van der Waals surface area (Å²) >= 11 is 0. The maximum absolute atomic E-state index is 11.2. The van der Waals surface area contributed by atoms with Crippen molar-refractivity contribution in [3.8, 4) is 0 Å². The van der Waals surface area contributed by atoms with Crippen molar-refractivity contribution in [2.24, 2.45) is 11.7 Å². The van der Waals surface area contributed by atoms with E-state index >= 15 is 0 Å². The number of carbonyl (C=O) groups is 1. The fourth-order valence-electron chi connectivity index (χ4n) is 2.12. The Balaban J connectivity index is 2.44. The number of amides is 1. The number of hydrogen-bond acceptors (Lipinski definition) is 2. The Labute approximate surface area is 86.6 Å². The molecule has 1 saturated carbocycles. The van der Waals surface area contributed by atoms with Crippen LogP contribution in [0.3, 0.4) is 0 Å². The van der Waals surface area contributed by atoms with Crippen molar-refractivity contribution in [2.75, 3.05) is 13.1 Å². The van der Waals surface area contributed by atoms with Crippen molar-refractivity contribution in [3.05, 3.63) is 0 Å². The maximum atomic E-state index is 11.2. The molecular weight excluding hydrogens is 176 g/mol. The third-order valence-electron chi connectivity index (χ3n) is 3.28. The predicted octanol–water partition coefficient (Wildman–Crippen LogP) is 1.37. The number of nitrogens with two attached hydrogens (primary N) is 1. The minimum Gasteiger partial charge on any atom is -0.368 e. The van der Waals surface area contributed by atoms with Crippen molar-refractivity contribution in [2.45, 2.75) is 45.6 Å². The molecule has 1 aliphatic carbocycles. The number of hydrogen-bond donors (Lipinski definition) is 1. The quantitative estimate of drug-likeness (QED) is 0.700. The van der Waals surface area contributed by atoms with Gasteiger partial charge >= 0.3 is 0 Å². The Kier molecular flexibility index (Phi) is 4.39. The topological polar surface area (TPSA) is 46.3 Å². The van der Waals surface area contributed by atoms with Gasteiger partial charge in [-0.15, -0.1) is 0 Å². The third-order valence-corrected chi connectivity index (χ3v) is 3.28. The van der Waals surface area contributed by atoms with Gasteiger partial charge in [-0.1, -0.05) is 20.3 Å². The van der Waals surface area contributed by atoms with Gasteiger partial charge in [0.05, 0.1) is 6.04 Å². The molecule has 0 aromatic heterocycles. The zero-order valence-electron chi connectivity index (χ0n) is 9.33. The lowest BCUT2D eigenvalue weighted by atomic mass is 9.84. The van der Waals surface area contributed by atoms with Crippen LogP contribution in [0.5, 0.6) is 0 Å². The van der Waals surface area contributed by atoms with Crippen molar-refractivity contribution in [1.82, 2.24) is 4.90 Å². The zero-order chi connectivity index (χ0) is 10.6. The fourth-order valence-corrected chi connectivity index (χ4v) is 2.12. The summed E-state index contributed by atoms with van der Waals surface area (Å²) in [5.41, 5.74) is 5.38. The first-order valence-corrected chi connectivity index (χ1v) is 5.72. The van der Waals surface area contributed by atoms with E-state index in [-0.39, 0.29) is 11.9 Å². The highest BCUT2D eigenvalue weighted by Gasteiger charge is 2.26. The molecule has 1 unspecified atom stereocenters. The summed E-state index contributed by atoms with van der Waals surface area (Å²) in [7, 11) is 0. The minimum atomic E-state index is -0.173. The Bertz CT molecular complexity index is 190. The summed E-state index contributed by atoms with van der Waals surface area (Å²) in [5.74, 6) is 0.636. The molecule has 0 aliphatic heterocycles. The van der Waals surface area contributed by atoms with Gasteiger partial charge in [0.2, 0.25) is 5.91 Å². The molecule has 2 N–H and O–H groups in total. The van der Waals surface area contributed by atoms with Crippen LogP contribution in [0.4, 0.5) is 0 Å². The summed E-state index contributed by atoms with van der Waals surface area (Å²) in [4.78, 5) is 13.4. The molecule has 1 aliphatic rings. The molecule has 1 fully saturated rings. The van der Waals surface area contributed by atoms with Gasteiger partial charge < -0.3 is 5.73 Å². The molecule has 0 bridgehead atoms. The Hall–Kier alpha value is -0.570. The number of likely N-dealkylation sites (N-methyl/N-ethyl adjacent to an activating group) is 1. The smallest absolute Gasteiger partial charge is 0.234 e. The molecule has 1 amide bonds. The van der Waals surface area contributed by atoms with Gasteiger partial charge in [0.1, 0.15) is 0 Å². The summed E-state index contributed by atoms with van der Waals surface area (Å²) in [6.07, 6.45) is 4.84. The average molecular weight is 198 g/mol. The van der Waals surface area contributed by atoms with Crippen molar-refractivity contribution < 1.29 is 4.79 Å². The molecule has 0 spiro atoms. The lowest BCUT2D eigenvalue weighted by Crippen LogP contribution is -2.47. The molecule has 0 heterocycles. The molecule has 1 rings (SSSR count). The van der Waals surface area contributed by atoms with Crippen LogP contribution >= 0.6 is 0 Å². The van der Waals surface area contributed by atoms with E-state index in [0.29, 0.717) is 0 Å². The average Bonchev–Trinajstić information content (AvgIpc) is 2.08. The van der Waals surface area contributed by atoms with E-state index in [0.717, 1.165) is 25.4 Å². The molecule has 3 nitrogen and oxygen atoms in total. The van der Waals surface area contributed by atoms with E-state index in [1.165, 1.54) is 19.3 Å². The van der Waals surface area contributed by atoms with E-state index in [2.05, 4.69) is 11.8 Å². The lowest BCUT2D eigenvalue weighted by Gasteiger charge is -2.35. The van der Waals surface area contributed by atoms with Crippen LogP contribution < -0.4 is 5.73 Å². The van der Waals surface area contributed by atoms with Gasteiger partial charge in [0.15, 0.2) is 0 Å². The third kappa shape index (κ3) is 2.71. The monoisotopic (exact) mass is 198 g/mol. The highest BCUT2D eigenvalue weighted by Crippen LogP contribution is 2.27. The van der Waals surface area contributed by atoms with Crippen molar-refractivity contribution in [1.29, 1.82) is 0 Å². The maximum Gasteiger partial charge on any atom is 0.234 e. The second kappa shape index (κ2) is 5.35. The molecule has 0 saturated heterocycles.